The molecular formula is C25H27Cl2NS. The van der Waals surface area contributed by atoms with Crippen LogP contribution in [0.1, 0.15) is 36.5 Å². The van der Waals surface area contributed by atoms with Crippen LogP contribution in [0.2, 0.25) is 10.0 Å². The van der Waals surface area contributed by atoms with Crippen LogP contribution < -0.4 is 5.32 Å². The molecule has 0 heterocycles. The lowest BCUT2D eigenvalue weighted by Crippen LogP contribution is -2.25. The van der Waals surface area contributed by atoms with E-state index in [2.05, 4.69) is 73.8 Å². The van der Waals surface area contributed by atoms with Gasteiger partial charge in [0.2, 0.25) is 0 Å². The molecule has 0 saturated carbocycles. The largest absolute Gasteiger partial charge is 0.317 e. The summed E-state index contributed by atoms with van der Waals surface area (Å²) in [5.74, 6) is 1.71. The summed E-state index contributed by atoms with van der Waals surface area (Å²) in [4.78, 5) is 1.24. The lowest BCUT2D eigenvalue weighted by atomic mass is 9.81. The first kappa shape index (κ1) is 22.2. The van der Waals surface area contributed by atoms with E-state index in [0.717, 1.165) is 29.4 Å². The minimum atomic E-state index is 0.375. The van der Waals surface area contributed by atoms with Gasteiger partial charge in [0, 0.05) is 26.6 Å². The molecule has 0 spiro atoms. The molecule has 1 nitrogen and oxygen atoms in total. The molecule has 0 aliphatic carbocycles. The van der Waals surface area contributed by atoms with Gasteiger partial charge in [-0.15, -0.1) is 11.8 Å². The maximum Gasteiger partial charge on any atom is 0.0461 e. The van der Waals surface area contributed by atoms with Crippen molar-refractivity contribution in [2.24, 2.45) is 5.92 Å². The van der Waals surface area contributed by atoms with Crippen molar-refractivity contribution in [3.8, 4) is 0 Å². The van der Waals surface area contributed by atoms with Crippen LogP contribution in [0.25, 0.3) is 0 Å². The SMILES string of the molecule is CCNCC(C)C(c1ccccc1)c1ccc(SCc2ccc(Cl)cc2Cl)cc1. The van der Waals surface area contributed by atoms with E-state index in [-0.39, 0.29) is 0 Å². The van der Waals surface area contributed by atoms with Crippen LogP contribution in [-0.4, -0.2) is 13.1 Å². The molecule has 152 valence electrons. The van der Waals surface area contributed by atoms with E-state index >= 15 is 0 Å². The second kappa shape index (κ2) is 11.1. The third kappa shape index (κ3) is 6.26. The highest BCUT2D eigenvalue weighted by Crippen LogP contribution is 2.34. The standard InChI is InChI=1S/C25H27Cl2NS/c1-3-28-16-18(2)25(19-7-5-4-6-8-19)20-10-13-23(14-11-20)29-17-21-9-12-22(26)15-24(21)27/h4-15,18,25,28H,3,16-17H2,1-2H3. The van der Waals surface area contributed by atoms with Crippen LogP contribution in [0.15, 0.2) is 77.7 Å². The summed E-state index contributed by atoms with van der Waals surface area (Å²) in [6, 6.07) is 25.5. The molecule has 0 radical (unpaired) electrons. The second-order valence-electron chi connectivity index (χ2n) is 7.27. The third-order valence-corrected chi connectivity index (χ3v) is 6.74. The summed E-state index contributed by atoms with van der Waals surface area (Å²) in [5, 5.41) is 4.90. The Bertz CT molecular complexity index is 896. The maximum atomic E-state index is 6.30. The maximum absolute atomic E-state index is 6.30. The minimum absolute atomic E-state index is 0.375. The number of halogens is 2. The third-order valence-electron chi connectivity index (χ3n) is 5.09. The van der Waals surface area contributed by atoms with Gasteiger partial charge in [0.1, 0.15) is 0 Å². The zero-order valence-corrected chi connectivity index (χ0v) is 19.2. The van der Waals surface area contributed by atoms with Crippen molar-refractivity contribution in [3.05, 3.63) is 99.5 Å². The lowest BCUT2D eigenvalue weighted by Gasteiger charge is -2.25. The Kier molecular flexibility index (Phi) is 8.50. The molecule has 3 rings (SSSR count). The van der Waals surface area contributed by atoms with Gasteiger partial charge in [0.25, 0.3) is 0 Å². The van der Waals surface area contributed by atoms with Gasteiger partial charge in [0.15, 0.2) is 0 Å². The van der Waals surface area contributed by atoms with E-state index in [0.29, 0.717) is 16.9 Å². The summed E-state index contributed by atoms with van der Waals surface area (Å²) < 4.78 is 0. The fraction of sp³-hybridized carbons (Fsp3) is 0.280. The van der Waals surface area contributed by atoms with Crippen molar-refractivity contribution < 1.29 is 0 Å². The van der Waals surface area contributed by atoms with Crippen LogP contribution in [-0.2, 0) is 5.75 Å². The van der Waals surface area contributed by atoms with E-state index in [1.54, 1.807) is 17.8 Å². The molecule has 0 amide bonds. The van der Waals surface area contributed by atoms with E-state index < -0.39 is 0 Å². The van der Waals surface area contributed by atoms with Crippen LogP contribution in [0.3, 0.4) is 0 Å². The van der Waals surface area contributed by atoms with Crippen molar-refractivity contribution >= 4 is 35.0 Å². The van der Waals surface area contributed by atoms with Crippen molar-refractivity contribution in [1.82, 2.24) is 5.32 Å². The van der Waals surface area contributed by atoms with E-state index in [4.69, 9.17) is 23.2 Å². The fourth-order valence-electron chi connectivity index (χ4n) is 3.57. The molecule has 1 N–H and O–H groups in total. The topological polar surface area (TPSA) is 12.0 Å². The number of thioether (sulfide) groups is 1. The van der Waals surface area contributed by atoms with Crippen LogP contribution >= 0.6 is 35.0 Å². The first-order chi connectivity index (χ1) is 14.1. The second-order valence-corrected chi connectivity index (χ2v) is 9.16. The highest BCUT2D eigenvalue weighted by atomic mass is 35.5. The molecule has 0 saturated heterocycles. The van der Waals surface area contributed by atoms with Gasteiger partial charge in [0.05, 0.1) is 0 Å². The molecule has 0 aromatic heterocycles. The van der Waals surface area contributed by atoms with Crippen molar-refractivity contribution in [1.29, 1.82) is 0 Å². The minimum Gasteiger partial charge on any atom is -0.317 e. The molecule has 2 unspecified atom stereocenters. The average Bonchev–Trinajstić information content (AvgIpc) is 2.73. The number of nitrogens with one attached hydrogen (secondary N) is 1. The molecule has 3 aromatic carbocycles. The first-order valence-electron chi connectivity index (χ1n) is 10.0. The molecule has 0 aliphatic rings. The molecule has 2 atom stereocenters. The molecular weight excluding hydrogens is 417 g/mol. The predicted octanol–water partition coefficient (Wildman–Crippen LogP) is 7.66. The first-order valence-corrected chi connectivity index (χ1v) is 11.7. The summed E-state index contributed by atoms with van der Waals surface area (Å²) in [7, 11) is 0. The van der Waals surface area contributed by atoms with Gasteiger partial charge in [-0.2, -0.15) is 0 Å². The van der Waals surface area contributed by atoms with Crippen LogP contribution in [0, 0.1) is 5.92 Å². The molecule has 3 aromatic rings. The Morgan fingerprint density at radius 1 is 0.897 bits per heavy atom. The summed E-state index contributed by atoms with van der Waals surface area (Å²) >= 11 is 14.1. The van der Waals surface area contributed by atoms with E-state index in [9.17, 15) is 0 Å². The Hall–Kier alpha value is -1.45. The monoisotopic (exact) mass is 443 g/mol. The Balaban J connectivity index is 1.74. The predicted molar refractivity (Wildman–Crippen MR) is 128 cm³/mol. The highest BCUT2D eigenvalue weighted by Gasteiger charge is 2.21. The Labute approximate surface area is 188 Å². The molecule has 0 bridgehead atoms. The van der Waals surface area contributed by atoms with Crippen molar-refractivity contribution in [3.63, 3.8) is 0 Å². The fourth-order valence-corrected chi connectivity index (χ4v) is 5.03. The molecule has 0 aliphatic heterocycles. The van der Waals surface area contributed by atoms with Gasteiger partial charge in [-0.1, -0.05) is 85.6 Å². The van der Waals surface area contributed by atoms with Gasteiger partial charge in [-0.25, -0.2) is 0 Å². The van der Waals surface area contributed by atoms with Crippen molar-refractivity contribution in [2.45, 2.75) is 30.4 Å². The summed E-state index contributed by atoms with van der Waals surface area (Å²) in [5.41, 5.74) is 3.83. The van der Waals surface area contributed by atoms with E-state index in [1.165, 1.54) is 16.0 Å². The van der Waals surface area contributed by atoms with Gasteiger partial charge in [-0.3, -0.25) is 0 Å². The van der Waals surface area contributed by atoms with Crippen molar-refractivity contribution in [2.75, 3.05) is 13.1 Å². The normalized spacial score (nSPS) is 13.2. The number of benzene rings is 3. The zero-order valence-electron chi connectivity index (χ0n) is 16.9. The molecule has 29 heavy (non-hydrogen) atoms. The molecule has 4 heteroatoms. The Morgan fingerprint density at radius 2 is 1.59 bits per heavy atom. The number of rotatable bonds is 9. The molecule has 0 fully saturated rings. The smallest absolute Gasteiger partial charge is 0.0461 e. The van der Waals surface area contributed by atoms with Gasteiger partial charge in [-0.05, 0) is 60.0 Å². The van der Waals surface area contributed by atoms with E-state index in [1.807, 2.05) is 12.1 Å². The highest BCUT2D eigenvalue weighted by molar-refractivity contribution is 7.98. The lowest BCUT2D eigenvalue weighted by molar-refractivity contribution is 0.472. The zero-order chi connectivity index (χ0) is 20.6. The quantitative estimate of drug-likeness (QED) is 0.340. The van der Waals surface area contributed by atoms with Gasteiger partial charge < -0.3 is 5.32 Å². The summed E-state index contributed by atoms with van der Waals surface area (Å²) in [6.07, 6.45) is 0. The Morgan fingerprint density at radius 3 is 2.24 bits per heavy atom. The number of hydrogen-bond donors (Lipinski definition) is 1. The number of hydrogen-bond acceptors (Lipinski definition) is 2. The average molecular weight is 444 g/mol. The summed E-state index contributed by atoms with van der Waals surface area (Å²) in [6.45, 7) is 6.48. The van der Waals surface area contributed by atoms with Gasteiger partial charge >= 0.3 is 0 Å². The van der Waals surface area contributed by atoms with Crippen LogP contribution in [0.4, 0.5) is 0 Å². The van der Waals surface area contributed by atoms with Crippen LogP contribution in [0.5, 0.6) is 0 Å².